The van der Waals surface area contributed by atoms with Crippen molar-refractivity contribution in [1.29, 1.82) is 5.26 Å². The van der Waals surface area contributed by atoms with Gasteiger partial charge in [0, 0.05) is 44.4 Å². The fourth-order valence-corrected chi connectivity index (χ4v) is 3.22. The summed E-state index contributed by atoms with van der Waals surface area (Å²) in [6.07, 6.45) is 6.16. The van der Waals surface area contributed by atoms with Gasteiger partial charge >= 0.3 is 0 Å². The van der Waals surface area contributed by atoms with E-state index in [1.165, 1.54) is 11.0 Å². The lowest BCUT2D eigenvalue weighted by atomic mass is 10.2. The normalized spacial score (nSPS) is 11.5. The van der Waals surface area contributed by atoms with E-state index in [9.17, 15) is 9.59 Å². The smallest absolute Gasteiger partial charge is 0.246 e. The predicted octanol–water partition coefficient (Wildman–Crippen LogP) is 3.12. The fraction of sp³-hybridized carbons (Fsp3) is 0.414. The van der Waals surface area contributed by atoms with Crippen molar-refractivity contribution in [2.75, 3.05) is 44.9 Å². The van der Waals surface area contributed by atoms with Crippen LogP contribution in [0.2, 0.25) is 0 Å². The maximum Gasteiger partial charge on any atom is 0.246 e. The molecule has 0 aliphatic heterocycles. The zero-order valence-corrected chi connectivity index (χ0v) is 23.6. The maximum atomic E-state index is 12.4. The second kappa shape index (κ2) is 15.8. The zero-order chi connectivity index (χ0) is 28.8. The van der Waals surface area contributed by atoms with Gasteiger partial charge in [-0.25, -0.2) is 4.98 Å². The Bertz CT molecular complexity index is 1240. The molecule has 1 aromatic carbocycles. The molecule has 0 bridgehead atoms. The second-order valence-electron chi connectivity index (χ2n) is 9.56. The molecule has 1 aromatic heterocycles. The summed E-state index contributed by atoms with van der Waals surface area (Å²) in [5.74, 6) is 6.87. The monoisotopic (exact) mass is 530 g/mol. The summed E-state index contributed by atoms with van der Waals surface area (Å²) in [6.45, 7) is 6.85. The number of hydrogen-bond donors (Lipinski definition) is 3. The highest BCUT2D eigenvalue weighted by molar-refractivity contribution is 5.92. The molecule has 1 heterocycles. The van der Waals surface area contributed by atoms with Gasteiger partial charge in [-0.2, -0.15) is 10.2 Å². The zero-order valence-electron chi connectivity index (χ0n) is 23.6. The summed E-state index contributed by atoms with van der Waals surface area (Å²) in [6, 6.07) is 8.70. The molecular formula is C29H38N8O2. The fourth-order valence-electron chi connectivity index (χ4n) is 3.22. The van der Waals surface area contributed by atoms with Crippen LogP contribution in [0.1, 0.15) is 44.7 Å². The highest BCUT2D eigenvalue weighted by Gasteiger charge is 2.20. The lowest BCUT2D eigenvalue weighted by Crippen LogP contribution is -2.45. The van der Waals surface area contributed by atoms with E-state index in [4.69, 9.17) is 5.26 Å². The number of aromatic nitrogens is 2. The van der Waals surface area contributed by atoms with Crippen molar-refractivity contribution in [3.8, 4) is 17.9 Å². The number of nitriles is 1. The molecule has 0 saturated carbocycles. The molecule has 0 spiro atoms. The lowest BCUT2D eigenvalue weighted by molar-refractivity contribution is -0.135. The predicted molar refractivity (Wildman–Crippen MR) is 154 cm³/mol. The van der Waals surface area contributed by atoms with Crippen LogP contribution in [0.3, 0.4) is 0 Å². The van der Waals surface area contributed by atoms with Crippen LogP contribution in [0, 0.1) is 23.2 Å². The van der Waals surface area contributed by atoms with Gasteiger partial charge in [0.15, 0.2) is 0 Å². The highest BCUT2D eigenvalue weighted by Crippen LogP contribution is 2.18. The molecule has 2 rings (SSSR count). The summed E-state index contributed by atoms with van der Waals surface area (Å²) >= 11 is 0. The number of nitrogens with one attached hydrogen (secondary N) is 3. The van der Waals surface area contributed by atoms with Gasteiger partial charge in [0.2, 0.25) is 17.8 Å². The number of anilines is 3. The minimum absolute atomic E-state index is 0.147. The van der Waals surface area contributed by atoms with Crippen LogP contribution < -0.4 is 16.0 Å². The van der Waals surface area contributed by atoms with Crippen molar-refractivity contribution in [1.82, 2.24) is 25.1 Å². The number of hydrogen-bond acceptors (Lipinski definition) is 8. The van der Waals surface area contributed by atoms with E-state index in [0.717, 1.165) is 5.69 Å². The summed E-state index contributed by atoms with van der Waals surface area (Å²) in [5.41, 5.74) is 2.03. The molecule has 0 aliphatic rings. The Kier molecular flexibility index (Phi) is 12.4. The van der Waals surface area contributed by atoms with Crippen LogP contribution in [0.4, 0.5) is 17.5 Å². The van der Waals surface area contributed by atoms with Gasteiger partial charge in [0.25, 0.3) is 0 Å². The van der Waals surface area contributed by atoms with E-state index in [0.29, 0.717) is 48.8 Å². The molecule has 206 valence electrons. The molecule has 10 nitrogen and oxygen atoms in total. The molecule has 0 unspecified atom stereocenters. The average molecular weight is 531 g/mol. The molecule has 0 radical (unpaired) electrons. The summed E-state index contributed by atoms with van der Waals surface area (Å²) in [5, 5.41) is 18.3. The van der Waals surface area contributed by atoms with Crippen LogP contribution in [-0.4, -0.2) is 77.9 Å². The van der Waals surface area contributed by atoms with E-state index in [2.05, 4.69) is 43.8 Å². The van der Waals surface area contributed by atoms with E-state index >= 15 is 0 Å². The first-order valence-electron chi connectivity index (χ1n) is 12.9. The van der Waals surface area contributed by atoms with Gasteiger partial charge in [0.05, 0.1) is 23.4 Å². The van der Waals surface area contributed by atoms with Crippen LogP contribution in [0.15, 0.2) is 42.6 Å². The molecule has 39 heavy (non-hydrogen) atoms. The van der Waals surface area contributed by atoms with Crippen LogP contribution >= 0.6 is 0 Å². The van der Waals surface area contributed by atoms with Crippen LogP contribution in [0.5, 0.6) is 0 Å². The quantitative estimate of drug-likeness (QED) is 0.217. The molecule has 2 amide bonds. The SMILES string of the molecule is CC(C)Nc1nc(Nc2ccc(C#N)cc2)ncc1C#CCCCNC(=O)[C@H](C)N(C)C(=O)/C=C/CN(C)C. The van der Waals surface area contributed by atoms with Gasteiger partial charge in [0.1, 0.15) is 11.9 Å². The maximum absolute atomic E-state index is 12.4. The van der Waals surface area contributed by atoms with E-state index < -0.39 is 6.04 Å². The molecule has 1 atom stereocenters. The van der Waals surface area contributed by atoms with Crippen molar-refractivity contribution < 1.29 is 9.59 Å². The van der Waals surface area contributed by atoms with Crippen molar-refractivity contribution in [3.63, 3.8) is 0 Å². The number of benzene rings is 1. The minimum atomic E-state index is -0.578. The third-order valence-electron chi connectivity index (χ3n) is 5.52. The van der Waals surface area contributed by atoms with Crippen molar-refractivity contribution >= 4 is 29.3 Å². The van der Waals surface area contributed by atoms with Gasteiger partial charge in [-0.1, -0.05) is 17.9 Å². The molecule has 0 fully saturated rings. The molecule has 0 saturated heterocycles. The number of nitrogens with zero attached hydrogens (tertiary/aromatic N) is 5. The minimum Gasteiger partial charge on any atom is -0.367 e. The Morgan fingerprint density at radius 1 is 1.13 bits per heavy atom. The molecule has 3 N–H and O–H groups in total. The first-order valence-corrected chi connectivity index (χ1v) is 12.9. The number of likely N-dealkylation sites (N-methyl/N-ethyl adjacent to an activating group) is 2. The van der Waals surface area contributed by atoms with Crippen LogP contribution in [-0.2, 0) is 9.59 Å². The Morgan fingerprint density at radius 2 is 1.85 bits per heavy atom. The molecular weight excluding hydrogens is 492 g/mol. The number of amides is 2. The third-order valence-corrected chi connectivity index (χ3v) is 5.52. The topological polar surface area (TPSA) is 126 Å². The molecule has 0 aliphatic carbocycles. The Labute approximate surface area is 231 Å². The molecule has 10 heteroatoms. The van der Waals surface area contributed by atoms with Crippen LogP contribution in [0.25, 0.3) is 0 Å². The summed E-state index contributed by atoms with van der Waals surface area (Å²) in [4.78, 5) is 37.0. The van der Waals surface area contributed by atoms with E-state index in [1.807, 2.05) is 32.8 Å². The largest absolute Gasteiger partial charge is 0.367 e. The summed E-state index contributed by atoms with van der Waals surface area (Å²) < 4.78 is 0. The van der Waals surface area contributed by atoms with Gasteiger partial charge in [-0.15, -0.1) is 0 Å². The van der Waals surface area contributed by atoms with E-state index in [-0.39, 0.29) is 17.9 Å². The number of unbranched alkanes of at least 4 members (excludes halogenated alkanes) is 1. The average Bonchev–Trinajstić information content (AvgIpc) is 2.90. The number of rotatable bonds is 12. The first kappa shape index (κ1) is 30.8. The second-order valence-corrected chi connectivity index (χ2v) is 9.56. The standard InChI is InChI=1S/C29H38N8O2/c1-21(2)33-27-24(20-32-29(35-27)34-25-15-13-23(19-30)14-16-25)11-8-7-9-17-31-28(39)22(3)37(6)26(38)12-10-18-36(4)5/h10,12-16,20-22H,7,9,17-18H2,1-6H3,(H,31,39)(H2,32,33,34,35)/b12-10+/t22-/m0/s1. The summed E-state index contributed by atoms with van der Waals surface area (Å²) in [7, 11) is 5.46. The van der Waals surface area contributed by atoms with Crippen molar-refractivity contribution in [2.24, 2.45) is 0 Å². The number of carbonyl (C=O) groups excluding carboxylic acids is 2. The van der Waals surface area contributed by atoms with Gasteiger partial charge in [-0.3, -0.25) is 9.59 Å². The van der Waals surface area contributed by atoms with Crippen molar-refractivity contribution in [2.45, 2.75) is 45.7 Å². The lowest BCUT2D eigenvalue weighted by Gasteiger charge is -2.23. The Morgan fingerprint density at radius 3 is 2.49 bits per heavy atom. The first-order chi connectivity index (χ1) is 18.6. The van der Waals surface area contributed by atoms with Gasteiger partial charge < -0.3 is 25.8 Å². The third kappa shape index (κ3) is 10.8. The number of carbonyl (C=O) groups is 2. The Balaban J connectivity index is 1.89. The molecule has 2 aromatic rings. The highest BCUT2D eigenvalue weighted by atomic mass is 16.2. The van der Waals surface area contributed by atoms with Crippen molar-refractivity contribution in [3.05, 3.63) is 53.7 Å². The van der Waals surface area contributed by atoms with Gasteiger partial charge in [-0.05, 0) is 65.6 Å². The Hall–Kier alpha value is -4.41. The van der Waals surface area contributed by atoms with E-state index in [1.54, 1.807) is 50.5 Å².